The van der Waals surface area contributed by atoms with Crippen LogP contribution in [0.1, 0.15) is 65.7 Å². The third-order valence-electron chi connectivity index (χ3n) is 5.04. The maximum atomic E-state index is 3.75. The van der Waals surface area contributed by atoms with E-state index in [-0.39, 0.29) is 0 Å². The molecule has 2 rings (SSSR count). The maximum absolute atomic E-state index is 3.75. The molecule has 2 aliphatic rings. The molecule has 2 heteroatoms. The van der Waals surface area contributed by atoms with Crippen LogP contribution in [-0.2, 0) is 0 Å². The lowest BCUT2D eigenvalue weighted by atomic mass is 9.78. The Morgan fingerprint density at radius 1 is 1.11 bits per heavy atom. The van der Waals surface area contributed by atoms with Crippen LogP contribution in [0, 0.1) is 11.8 Å². The monoisotopic (exact) mass is 266 g/mol. The first-order valence-corrected chi connectivity index (χ1v) is 8.72. The standard InChI is InChI=1S/C17H34N2/c1-4-6-11-19(16-8-9-16)13-15-12-14(3)7-10-17(15)18-5-2/h14-18H,4-13H2,1-3H3. The zero-order valence-electron chi connectivity index (χ0n) is 13.3. The molecular formula is C17H34N2. The van der Waals surface area contributed by atoms with E-state index in [1.165, 1.54) is 58.0 Å². The average molecular weight is 266 g/mol. The molecule has 3 unspecified atom stereocenters. The van der Waals surface area contributed by atoms with E-state index in [0.717, 1.165) is 30.5 Å². The van der Waals surface area contributed by atoms with Crippen molar-refractivity contribution in [2.24, 2.45) is 11.8 Å². The van der Waals surface area contributed by atoms with Crippen LogP contribution in [0.2, 0.25) is 0 Å². The van der Waals surface area contributed by atoms with Crippen LogP contribution >= 0.6 is 0 Å². The Morgan fingerprint density at radius 2 is 1.89 bits per heavy atom. The molecule has 0 spiro atoms. The fourth-order valence-electron chi connectivity index (χ4n) is 3.76. The number of hydrogen-bond donors (Lipinski definition) is 1. The lowest BCUT2D eigenvalue weighted by Crippen LogP contribution is -2.46. The van der Waals surface area contributed by atoms with Crippen LogP contribution < -0.4 is 5.32 Å². The van der Waals surface area contributed by atoms with E-state index < -0.39 is 0 Å². The molecule has 2 aliphatic carbocycles. The van der Waals surface area contributed by atoms with Crippen molar-refractivity contribution in [2.45, 2.75) is 77.8 Å². The zero-order valence-corrected chi connectivity index (χ0v) is 13.3. The van der Waals surface area contributed by atoms with Crippen LogP contribution in [0.3, 0.4) is 0 Å². The molecule has 0 aromatic carbocycles. The van der Waals surface area contributed by atoms with E-state index in [4.69, 9.17) is 0 Å². The molecule has 2 fully saturated rings. The normalized spacial score (nSPS) is 31.9. The Hall–Kier alpha value is -0.0800. The fraction of sp³-hybridized carbons (Fsp3) is 1.00. The van der Waals surface area contributed by atoms with Crippen molar-refractivity contribution < 1.29 is 0 Å². The molecule has 1 N–H and O–H groups in total. The number of unbranched alkanes of at least 4 members (excludes halogenated alkanes) is 1. The van der Waals surface area contributed by atoms with Gasteiger partial charge in [0.25, 0.3) is 0 Å². The van der Waals surface area contributed by atoms with Crippen molar-refractivity contribution in [1.29, 1.82) is 0 Å². The van der Waals surface area contributed by atoms with Crippen LogP contribution in [0.5, 0.6) is 0 Å². The quantitative estimate of drug-likeness (QED) is 0.721. The summed E-state index contributed by atoms with van der Waals surface area (Å²) in [5, 5.41) is 3.75. The highest BCUT2D eigenvalue weighted by Gasteiger charge is 2.34. The highest BCUT2D eigenvalue weighted by molar-refractivity contribution is 4.90. The van der Waals surface area contributed by atoms with Gasteiger partial charge in [0, 0.05) is 18.6 Å². The van der Waals surface area contributed by atoms with Gasteiger partial charge in [0.2, 0.25) is 0 Å². The Bertz CT molecular complexity index is 250. The summed E-state index contributed by atoms with van der Waals surface area (Å²) in [6, 6.07) is 1.72. The van der Waals surface area contributed by atoms with Gasteiger partial charge >= 0.3 is 0 Å². The lowest BCUT2D eigenvalue weighted by molar-refractivity contribution is 0.139. The molecule has 19 heavy (non-hydrogen) atoms. The first-order chi connectivity index (χ1) is 9.24. The van der Waals surface area contributed by atoms with Gasteiger partial charge in [-0.2, -0.15) is 0 Å². The largest absolute Gasteiger partial charge is 0.314 e. The first-order valence-electron chi connectivity index (χ1n) is 8.72. The van der Waals surface area contributed by atoms with Crippen molar-refractivity contribution in [3.63, 3.8) is 0 Å². The fourth-order valence-corrected chi connectivity index (χ4v) is 3.76. The van der Waals surface area contributed by atoms with Crippen LogP contribution in [0.15, 0.2) is 0 Å². The van der Waals surface area contributed by atoms with E-state index >= 15 is 0 Å². The van der Waals surface area contributed by atoms with E-state index in [0.29, 0.717) is 0 Å². The van der Waals surface area contributed by atoms with E-state index in [1.807, 2.05) is 0 Å². The van der Waals surface area contributed by atoms with Crippen molar-refractivity contribution in [3.05, 3.63) is 0 Å². The van der Waals surface area contributed by atoms with Gasteiger partial charge in [-0.25, -0.2) is 0 Å². The summed E-state index contributed by atoms with van der Waals surface area (Å²) in [6.45, 7) is 10.8. The molecule has 2 saturated carbocycles. The molecule has 0 amide bonds. The van der Waals surface area contributed by atoms with Gasteiger partial charge in [0.1, 0.15) is 0 Å². The Kier molecular flexibility index (Phi) is 6.15. The molecule has 0 saturated heterocycles. The Labute approximate surface area is 120 Å². The van der Waals surface area contributed by atoms with Crippen LogP contribution in [0.4, 0.5) is 0 Å². The minimum atomic E-state index is 0.782. The summed E-state index contributed by atoms with van der Waals surface area (Å²) < 4.78 is 0. The second kappa shape index (κ2) is 7.64. The highest BCUT2D eigenvalue weighted by atomic mass is 15.2. The molecule has 0 radical (unpaired) electrons. The van der Waals surface area contributed by atoms with Gasteiger partial charge in [0.15, 0.2) is 0 Å². The Morgan fingerprint density at radius 3 is 2.53 bits per heavy atom. The molecule has 0 bridgehead atoms. The van der Waals surface area contributed by atoms with Gasteiger partial charge in [-0.05, 0) is 63.5 Å². The molecule has 0 heterocycles. The van der Waals surface area contributed by atoms with Gasteiger partial charge in [-0.1, -0.05) is 27.2 Å². The molecule has 0 aromatic rings. The number of nitrogens with one attached hydrogen (secondary N) is 1. The topological polar surface area (TPSA) is 15.3 Å². The van der Waals surface area contributed by atoms with Gasteiger partial charge in [-0.15, -0.1) is 0 Å². The molecular weight excluding hydrogens is 232 g/mol. The van der Waals surface area contributed by atoms with Crippen molar-refractivity contribution in [1.82, 2.24) is 10.2 Å². The van der Waals surface area contributed by atoms with Crippen molar-refractivity contribution in [2.75, 3.05) is 19.6 Å². The summed E-state index contributed by atoms with van der Waals surface area (Å²) in [5.74, 6) is 1.83. The average Bonchev–Trinajstić information content (AvgIpc) is 3.22. The molecule has 0 aliphatic heterocycles. The van der Waals surface area contributed by atoms with E-state index in [9.17, 15) is 0 Å². The molecule has 112 valence electrons. The van der Waals surface area contributed by atoms with E-state index in [1.54, 1.807) is 0 Å². The second-order valence-corrected chi connectivity index (χ2v) is 6.92. The smallest absolute Gasteiger partial charge is 0.0108 e. The molecule has 2 nitrogen and oxygen atoms in total. The second-order valence-electron chi connectivity index (χ2n) is 6.92. The van der Waals surface area contributed by atoms with Crippen LogP contribution in [0.25, 0.3) is 0 Å². The summed E-state index contributed by atoms with van der Waals surface area (Å²) in [5.41, 5.74) is 0. The van der Waals surface area contributed by atoms with Gasteiger partial charge in [0.05, 0.1) is 0 Å². The van der Waals surface area contributed by atoms with Gasteiger partial charge in [-0.3, -0.25) is 0 Å². The SMILES string of the molecule is CCCCN(CC1CC(C)CCC1NCC)C1CC1. The maximum Gasteiger partial charge on any atom is 0.0108 e. The summed E-state index contributed by atoms with van der Waals surface area (Å²) >= 11 is 0. The van der Waals surface area contributed by atoms with E-state index in [2.05, 4.69) is 31.0 Å². The minimum Gasteiger partial charge on any atom is -0.314 e. The predicted molar refractivity (Wildman–Crippen MR) is 83.5 cm³/mol. The molecule has 3 atom stereocenters. The number of rotatable bonds is 8. The van der Waals surface area contributed by atoms with Crippen LogP contribution in [-0.4, -0.2) is 36.6 Å². The lowest BCUT2D eigenvalue weighted by Gasteiger charge is -2.38. The van der Waals surface area contributed by atoms with Crippen molar-refractivity contribution in [3.8, 4) is 0 Å². The first kappa shape index (κ1) is 15.3. The highest BCUT2D eigenvalue weighted by Crippen LogP contribution is 2.33. The third kappa shape index (κ3) is 4.75. The summed E-state index contributed by atoms with van der Waals surface area (Å²) in [4.78, 5) is 2.82. The van der Waals surface area contributed by atoms with Gasteiger partial charge < -0.3 is 10.2 Å². The number of hydrogen-bond acceptors (Lipinski definition) is 2. The van der Waals surface area contributed by atoms with Crippen molar-refractivity contribution >= 4 is 0 Å². The summed E-state index contributed by atoms with van der Waals surface area (Å²) in [7, 11) is 0. The molecule has 0 aromatic heterocycles. The Balaban J connectivity index is 1.87. The number of nitrogens with zero attached hydrogens (tertiary/aromatic N) is 1. The zero-order chi connectivity index (χ0) is 13.7. The summed E-state index contributed by atoms with van der Waals surface area (Å²) in [6.07, 6.45) is 9.88. The predicted octanol–water partition coefficient (Wildman–Crippen LogP) is 3.67. The third-order valence-corrected chi connectivity index (χ3v) is 5.04. The minimum absolute atomic E-state index is 0.782.